The van der Waals surface area contributed by atoms with Gasteiger partial charge in [-0.3, -0.25) is 9.52 Å². The van der Waals surface area contributed by atoms with Crippen molar-refractivity contribution in [3.63, 3.8) is 0 Å². The smallest absolute Gasteiger partial charge is 0.265 e. The number of nitrogens with one attached hydrogen (secondary N) is 2. The number of halogens is 1. The Hall–Kier alpha value is -3.03. The van der Waals surface area contributed by atoms with Crippen LogP contribution in [-0.4, -0.2) is 20.4 Å². The second-order valence-electron chi connectivity index (χ2n) is 6.55. The van der Waals surface area contributed by atoms with Crippen LogP contribution in [0, 0.1) is 0 Å². The molecular formula is C21H17ClN2O4S. The molecule has 1 amide bonds. The molecule has 1 aliphatic rings. The van der Waals surface area contributed by atoms with E-state index in [1.807, 2.05) is 0 Å². The fourth-order valence-electron chi connectivity index (χ4n) is 3.02. The fourth-order valence-corrected chi connectivity index (χ4v) is 4.28. The summed E-state index contributed by atoms with van der Waals surface area (Å²) in [6.07, 6.45) is -0.235. The van der Waals surface area contributed by atoms with Crippen LogP contribution in [0.4, 0.5) is 11.4 Å². The molecule has 3 aromatic rings. The van der Waals surface area contributed by atoms with Crippen LogP contribution >= 0.6 is 11.6 Å². The molecule has 2 N–H and O–H groups in total. The zero-order chi connectivity index (χ0) is 20.4. The van der Waals surface area contributed by atoms with Gasteiger partial charge in [-0.2, -0.15) is 0 Å². The summed E-state index contributed by atoms with van der Waals surface area (Å²) in [5.41, 5.74) is 1.83. The highest BCUT2D eigenvalue weighted by molar-refractivity contribution is 7.92. The quantitative estimate of drug-likeness (QED) is 0.641. The third kappa shape index (κ3) is 4.36. The highest BCUT2D eigenvalue weighted by Gasteiger charge is 2.29. The van der Waals surface area contributed by atoms with E-state index < -0.39 is 16.1 Å². The Balaban J connectivity index is 1.41. The molecule has 29 heavy (non-hydrogen) atoms. The molecule has 4 rings (SSSR count). The third-order valence-corrected chi connectivity index (χ3v) is 6.08. The van der Waals surface area contributed by atoms with Crippen molar-refractivity contribution < 1.29 is 17.9 Å². The zero-order valence-corrected chi connectivity index (χ0v) is 16.7. The van der Waals surface area contributed by atoms with Gasteiger partial charge in [0.15, 0.2) is 6.10 Å². The summed E-state index contributed by atoms with van der Waals surface area (Å²) in [5, 5.41) is 3.34. The number of hydrogen-bond acceptors (Lipinski definition) is 4. The summed E-state index contributed by atoms with van der Waals surface area (Å²) in [6.45, 7) is 0. The Kier molecular flexibility index (Phi) is 5.17. The SMILES string of the molecule is O=C(Nc1ccc(S(=O)(=O)Nc2ccccc2)cc1)C1Cc2cc(Cl)ccc2O1. The molecule has 8 heteroatoms. The number of carbonyl (C=O) groups is 1. The number of para-hydroxylation sites is 1. The number of sulfonamides is 1. The van der Waals surface area contributed by atoms with Crippen molar-refractivity contribution >= 4 is 38.9 Å². The van der Waals surface area contributed by atoms with E-state index in [1.165, 1.54) is 24.3 Å². The minimum absolute atomic E-state index is 0.0958. The maximum Gasteiger partial charge on any atom is 0.265 e. The number of rotatable bonds is 5. The van der Waals surface area contributed by atoms with E-state index in [9.17, 15) is 13.2 Å². The van der Waals surface area contributed by atoms with Crippen molar-refractivity contribution in [2.75, 3.05) is 10.0 Å². The van der Waals surface area contributed by atoms with Crippen LogP contribution in [0.3, 0.4) is 0 Å². The molecule has 0 aromatic heterocycles. The number of ether oxygens (including phenoxy) is 1. The molecule has 1 heterocycles. The molecule has 6 nitrogen and oxygen atoms in total. The lowest BCUT2D eigenvalue weighted by Gasteiger charge is -2.12. The first-order valence-corrected chi connectivity index (χ1v) is 10.7. The fraction of sp³-hybridized carbons (Fsp3) is 0.0952. The van der Waals surface area contributed by atoms with E-state index in [0.717, 1.165) is 5.56 Å². The first-order valence-electron chi connectivity index (χ1n) is 8.85. The lowest BCUT2D eigenvalue weighted by Crippen LogP contribution is -2.31. The highest BCUT2D eigenvalue weighted by atomic mass is 35.5. The molecule has 0 fully saturated rings. The maximum absolute atomic E-state index is 12.5. The number of amides is 1. The molecular weight excluding hydrogens is 412 g/mol. The summed E-state index contributed by atoms with van der Waals surface area (Å²) < 4.78 is 33.1. The maximum atomic E-state index is 12.5. The molecule has 0 aliphatic carbocycles. The average molecular weight is 429 g/mol. The average Bonchev–Trinajstić information content (AvgIpc) is 3.12. The van der Waals surface area contributed by atoms with Crippen LogP contribution in [-0.2, 0) is 21.2 Å². The van der Waals surface area contributed by atoms with Crippen LogP contribution in [0.5, 0.6) is 5.75 Å². The van der Waals surface area contributed by atoms with E-state index in [0.29, 0.717) is 28.6 Å². The van der Waals surface area contributed by atoms with Gasteiger partial charge in [-0.25, -0.2) is 8.42 Å². The van der Waals surface area contributed by atoms with Gasteiger partial charge >= 0.3 is 0 Å². The molecule has 1 unspecified atom stereocenters. The van der Waals surface area contributed by atoms with Gasteiger partial charge in [-0.15, -0.1) is 0 Å². The lowest BCUT2D eigenvalue weighted by atomic mass is 10.1. The van der Waals surface area contributed by atoms with Crippen molar-refractivity contribution in [1.29, 1.82) is 0 Å². The molecule has 0 radical (unpaired) electrons. The monoisotopic (exact) mass is 428 g/mol. The Morgan fingerprint density at radius 1 is 0.966 bits per heavy atom. The summed E-state index contributed by atoms with van der Waals surface area (Å²) in [4.78, 5) is 12.6. The van der Waals surface area contributed by atoms with Crippen molar-refractivity contribution in [3.8, 4) is 5.75 Å². The molecule has 1 aliphatic heterocycles. The van der Waals surface area contributed by atoms with Crippen LogP contribution in [0.1, 0.15) is 5.56 Å². The molecule has 0 spiro atoms. The summed E-state index contributed by atoms with van der Waals surface area (Å²) in [7, 11) is -3.71. The van der Waals surface area contributed by atoms with Crippen LogP contribution < -0.4 is 14.8 Å². The zero-order valence-electron chi connectivity index (χ0n) is 15.1. The Morgan fingerprint density at radius 3 is 2.41 bits per heavy atom. The largest absolute Gasteiger partial charge is 0.480 e. The molecule has 1 atom stereocenters. The van der Waals surface area contributed by atoms with E-state index in [-0.39, 0.29) is 10.8 Å². The Bertz CT molecular complexity index is 1150. The number of carbonyl (C=O) groups excluding carboxylic acids is 1. The first kappa shape index (κ1) is 19.3. The Morgan fingerprint density at radius 2 is 1.69 bits per heavy atom. The summed E-state index contributed by atoms with van der Waals surface area (Å²) in [5.74, 6) is 0.332. The number of hydrogen-bond donors (Lipinski definition) is 2. The summed E-state index contributed by atoms with van der Waals surface area (Å²) in [6, 6.07) is 19.8. The van der Waals surface area contributed by atoms with E-state index in [2.05, 4.69) is 10.0 Å². The second-order valence-corrected chi connectivity index (χ2v) is 8.67. The number of anilines is 2. The van der Waals surface area contributed by atoms with E-state index in [1.54, 1.807) is 48.5 Å². The minimum atomic E-state index is -3.71. The van der Waals surface area contributed by atoms with Crippen LogP contribution in [0.25, 0.3) is 0 Å². The van der Waals surface area contributed by atoms with Gasteiger partial charge < -0.3 is 10.1 Å². The molecule has 0 saturated carbocycles. The topological polar surface area (TPSA) is 84.5 Å². The van der Waals surface area contributed by atoms with Crippen LogP contribution in [0.2, 0.25) is 5.02 Å². The number of benzene rings is 3. The molecule has 3 aromatic carbocycles. The predicted octanol–water partition coefficient (Wildman–Crippen LogP) is 4.08. The van der Waals surface area contributed by atoms with Gasteiger partial charge in [0.05, 0.1) is 4.90 Å². The first-order chi connectivity index (χ1) is 13.9. The van der Waals surface area contributed by atoms with Crippen LogP contribution in [0.15, 0.2) is 77.7 Å². The van der Waals surface area contributed by atoms with Gasteiger partial charge in [0.1, 0.15) is 5.75 Å². The van der Waals surface area contributed by atoms with Gasteiger partial charge in [0.2, 0.25) is 0 Å². The van der Waals surface area contributed by atoms with Gasteiger partial charge in [-0.05, 0) is 60.2 Å². The van der Waals surface area contributed by atoms with Crippen molar-refractivity contribution in [2.24, 2.45) is 0 Å². The Labute approximate surface area is 173 Å². The van der Waals surface area contributed by atoms with Crippen molar-refractivity contribution in [2.45, 2.75) is 17.4 Å². The minimum Gasteiger partial charge on any atom is -0.480 e. The van der Waals surface area contributed by atoms with Gasteiger partial charge in [-0.1, -0.05) is 29.8 Å². The standard InChI is InChI=1S/C21H17ClN2O4S/c22-15-6-11-19-14(12-15)13-20(28-19)21(25)23-16-7-9-18(10-8-16)29(26,27)24-17-4-2-1-3-5-17/h1-12,20,24H,13H2,(H,23,25). The molecule has 0 bridgehead atoms. The molecule has 148 valence electrons. The van der Waals surface area contributed by atoms with E-state index in [4.69, 9.17) is 16.3 Å². The van der Waals surface area contributed by atoms with Gasteiger partial charge in [0, 0.05) is 22.8 Å². The summed E-state index contributed by atoms with van der Waals surface area (Å²) >= 11 is 5.97. The molecule has 0 saturated heterocycles. The predicted molar refractivity (Wildman–Crippen MR) is 112 cm³/mol. The third-order valence-electron chi connectivity index (χ3n) is 4.45. The normalized spacial score (nSPS) is 15.3. The van der Waals surface area contributed by atoms with Crippen molar-refractivity contribution in [1.82, 2.24) is 0 Å². The highest BCUT2D eigenvalue weighted by Crippen LogP contribution is 2.31. The van der Waals surface area contributed by atoms with E-state index >= 15 is 0 Å². The number of fused-ring (bicyclic) bond motifs is 1. The van der Waals surface area contributed by atoms with Gasteiger partial charge in [0.25, 0.3) is 15.9 Å². The second kappa shape index (κ2) is 7.77. The van der Waals surface area contributed by atoms with Crippen molar-refractivity contribution in [3.05, 3.63) is 83.4 Å². The lowest BCUT2D eigenvalue weighted by molar-refractivity contribution is -0.122.